The smallest absolute Gasteiger partial charge is 0.306 e. The molecule has 0 saturated heterocycles. The molecule has 6 heteroatoms. The highest BCUT2D eigenvalue weighted by molar-refractivity contribution is 5.77. The summed E-state index contributed by atoms with van der Waals surface area (Å²) in [6, 6.07) is -0.720. The van der Waals surface area contributed by atoms with Gasteiger partial charge >= 0.3 is 5.97 Å². The lowest BCUT2D eigenvalue weighted by molar-refractivity contribution is -0.151. The zero-order valence-electron chi connectivity index (χ0n) is 42.1. The molecule has 3 unspecified atom stereocenters. The first-order valence-corrected chi connectivity index (χ1v) is 27.2. The molecule has 3 N–H and O–H groups in total. The number of amides is 1. The first-order chi connectivity index (χ1) is 31.5. The van der Waals surface area contributed by atoms with Crippen molar-refractivity contribution in [2.24, 2.45) is 0 Å². The molecule has 0 aromatic heterocycles. The summed E-state index contributed by atoms with van der Waals surface area (Å²) < 4.78 is 5.93. The molecule has 0 spiro atoms. The van der Waals surface area contributed by atoms with Crippen molar-refractivity contribution in [2.45, 2.75) is 277 Å². The molecule has 6 nitrogen and oxygen atoms in total. The van der Waals surface area contributed by atoms with Crippen LogP contribution in [0.15, 0.2) is 72.9 Å². The highest BCUT2D eigenvalue weighted by atomic mass is 16.5. The molecule has 0 fully saturated rings. The monoisotopic (exact) mass is 894 g/mol. The van der Waals surface area contributed by atoms with E-state index in [0.29, 0.717) is 19.3 Å². The average molecular weight is 894 g/mol. The highest BCUT2D eigenvalue weighted by Gasteiger charge is 2.24. The van der Waals surface area contributed by atoms with E-state index in [0.717, 1.165) is 77.0 Å². The minimum atomic E-state index is -0.804. The van der Waals surface area contributed by atoms with Gasteiger partial charge in [0.15, 0.2) is 0 Å². The molecule has 0 aliphatic rings. The number of hydrogen-bond donors (Lipinski definition) is 3. The van der Waals surface area contributed by atoms with Crippen molar-refractivity contribution in [1.82, 2.24) is 5.32 Å². The largest absolute Gasteiger partial charge is 0.462 e. The number of ether oxygens (including phenoxy) is 1. The molecule has 0 saturated carbocycles. The van der Waals surface area contributed by atoms with Gasteiger partial charge < -0.3 is 20.3 Å². The van der Waals surface area contributed by atoms with E-state index in [1.807, 2.05) is 36.5 Å². The fourth-order valence-electron chi connectivity index (χ4n) is 7.98. The molecule has 3 atom stereocenters. The Hall–Kier alpha value is -2.70. The van der Waals surface area contributed by atoms with Crippen LogP contribution in [0.2, 0.25) is 0 Å². The molecule has 370 valence electrons. The van der Waals surface area contributed by atoms with Crippen LogP contribution in [0.1, 0.15) is 258 Å². The predicted octanol–water partition coefficient (Wildman–Crippen LogP) is 16.6. The van der Waals surface area contributed by atoms with Gasteiger partial charge in [-0.25, -0.2) is 0 Å². The molecular formula is C58H103NO5. The van der Waals surface area contributed by atoms with Crippen LogP contribution in [0.5, 0.6) is 0 Å². The van der Waals surface area contributed by atoms with E-state index < -0.39 is 18.2 Å². The van der Waals surface area contributed by atoms with Crippen molar-refractivity contribution in [3.05, 3.63) is 72.9 Å². The van der Waals surface area contributed by atoms with Crippen LogP contribution < -0.4 is 5.32 Å². The molecule has 64 heavy (non-hydrogen) atoms. The maximum absolute atomic E-state index is 13.2. The number of carbonyl (C=O) groups is 2. The molecule has 1 amide bonds. The SMILES string of the molecule is CCC/C=C/C=C/C=C/C=C/C=C/CCCCCC(CC(=O)NC(CO)C(O)CCCCCCCCCCCCCCC)OC(=O)CCCCCCC/C=C/CCCCCCCCC. The molecule has 0 aromatic carbocycles. The van der Waals surface area contributed by atoms with Gasteiger partial charge in [0.05, 0.1) is 25.2 Å². The number of aliphatic hydroxyl groups is 2. The third kappa shape index (κ3) is 45.9. The summed E-state index contributed by atoms with van der Waals surface area (Å²) >= 11 is 0. The third-order valence-corrected chi connectivity index (χ3v) is 12.1. The van der Waals surface area contributed by atoms with Gasteiger partial charge in [0.1, 0.15) is 6.10 Å². The summed E-state index contributed by atoms with van der Waals surface area (Å²) in [5.74, 6) is -0.524. The topological polar surface area (TPSA) is 95.9 Å². The van der Waals surface area contributed by atoms with Gasteiger partial charge in [-0.15, -0.1) is 0 Å². The number of esters is 1. The van der Waals surface area contributed by atoms with Gasteiger partial charge in [0, 0.05) is 6.42 Å². The molecular weight excluding hydrogens is 791 g/mol. The lowest BCUT2D eigenvalue weighted by Crippen LogP contribution is -2.46. The fraction of sp³-hybridized carbons (Fsp3) is 0.759. The summed E-state index contributed by atoms with van der Waals surface area (Å²) in [4.78, 5) is 26.2. The first kappa shape index (κ1) is 61.3. The third-order valence-electron chi connectivity index (χ3n) is 12.1. The van der Waals surface area contributed by atoms with Gasteiger partial charge in [-0.05, 0) is 70.6 Å². The van der Waals surface area contributed by atoms with E-state index in [9.17, 15) is 19.8 Å². The van der Waals surface area contributed by atoms with Crippen LogP contribution >= 0.6 is 0 Å². The van der Waals surface area contributed by atoms with Crippen LogP contribution in [0.25, 0.3) is 0 Å². The predicted molar refractivity (Wildman–Crippen MR) is 278 cm³/mol. The number of hydrogen-bond acceptors (Lipinski definition) is 5. The molecule has 0 rings (SSSR count). The summed E-state index contributed by atoms with van der Waals surface area (Å²) in [6.45, 7) is 6.39. The quantitative estimate of drug-likeness (QED) is 0.0245. The van der Waals surface area contributed by atoms with Gasteiger partial charge in [-0.3, -0.25) is 9.59 Å². The minimum absolute atomic E-state index is 0.0443. The van der Waals surface area contributed by atoms with E-state index in [-0.39, 0.29) is 24.9 Å². The van der Waals surface area contributed by atoms with Crippen LogP contribution in [-0.2, 0) is 14.3 Å². The summed E-state index contributed by atoms with van der Waals surface area (Å²) in [5.41, 5.74) is 0. The highest BCUT2D eigenvalue weighted by Crippen LogP contribution is 2.17. The van der Waals surface area contributed by atoms with Crippen molar-refractivity contribution < 1.29 is 24.5 Å². The lowest BCUT2D eigenvalue weighted by Gasteiger charge is -2.24. The Morgan fingerprint density at radius 1 is 0.453 bits per heavy atom. The molecule has 0 heterocycles. The Morgan fingerprint density at radius 3 is 1.33 bits per heavy atom. The zero-order valence-corrected chi connectivity index (χ0v) is 42.1. The van der Waals surface area contributed by atoms with Gasteiger partial charge in [0.25, 0.3) is 0 Å². The summed E-state index contributed by atoms with van der Waals surface area (Å²) in [7, 11) is 0. The maximum atomic E-state index is 13.2. The summed E-state index contributed by atoms with van der Waals surface area (Å²) in [5, 5.41) is 23.8. The van der Waals surface area contributed by atoms with Crippen LogP contribution in [0.3, 0.4) is 0 Å². The Morgan fingerprint density at radius 2 is 0.844 bits per heavy atom. The number of aliphatic hydroxyl groups excluding tert-OH is 2. The second-order valence-electron chi connectivity index (χ2n) is 18.4. The Labute approximate surface area is 396 Å². The van der Waals surface area contributed by atoms with E-state index in [1.54, 1.807) is 0 Å². The molecule has 0 radical (unpaired) electrons. The molecule has 0 aliphatic heterocycles. The number of rotatable bonds is 48. The molecule has 0 aliphatic carbocycles. The van der Waals surface area contributed by atoms with E-state index in [4.69, 9.17) is 4.74 Å². The Kier molecular flexibility index (Phi) is 49.1. The second kappa shape index (κ2) is 51.3. The van der Waals surface area contributed by atoms with Gasteiger partial charge in [-0.2, -0.15) is 0 Å². The second-order valence-corrected chi connectivity index (χ2v) is 18.4. The van der Waals surface area contributed by atoms with Crippen molar-refractivity contribution in [3.63, 3.8) is 0 Å². The Balaban J connectivity index is 4.69. The summed E-state index contributed by atoms with van der Waals surface area (Å²) in [6.07, 6.45) is 65.3. The Bertz CT molecular complexity index is 1190. The minimum Gasteiger partial charge on any atom is -0.462 e. The van der Waals surface area contributed by atoms with E-state index >= 15 is 0 Å². The average Bonchev–Trinajstić information content (AvgIpc) is 3.29. The van der Waals surface area contributed by atoms with Crippen LogP contribution in [-0.4, -0.2) is 46.9 Å². The number of allylic oxidation sites excluding steroid dienone is 12. The lowest BCUT2D eigenvalue weighted by atomic mass is 10.0. The standard InChI is InChI=1S/C58H103NO5/c1-4-7-10-13-16-19-22-25-27-29-32-34-37-40-43-46-49-54(64-58(63)51-48-45-42-39-36-33-30-28-26-23-20-17-14-11-8-5-2)52-57(62)59-55(53-60)56(61)50-47-44-41-38-35-31-24-21-18-15-12-9-6-3/h10,13,16,19,22,25,27-30,32,34,54-56,60-61H,4-9,11-12,14-15,17-18,20-21,23-24,26,31,33,35-53H2,1-3H3,(H,59,62)/b13-10+,19-16+,25-22+,29-27+,30-28+,34-32+. The van der Waals surface area contributed by atoms with Crippen LogP contribution in [0, 0.1) is 0 Å². The van der Waals surface area contributed by atoms with Crippen molar-refractivity contribution in [1.29, 1.82) is 0 Å². The van der Waals surface area contributed by atoms with Crippen molar-refractivity contribution in [2.75, 3.05) is 6.61 Å². The van der Waals surface area contributed by atoms with E-state index in [2.05, 4.69) is 62.5 Å². The fourth-order valence-corrected chi connectivity index (χ4v) is 7.98. The maximum Gasteiger partial charge on any atom is 0.306 e. The normalized spacial score (nSPS) is 13.8. The zero-order chi connectivity index (χ0) is 46.7. The number of carbonyl (C=O) groups excluding carboxylic acids is 2. The van der Waals surface area contributed by atoms with Gasteiger partial charge in [0.2, 0.25) is 5.91 Å². The van der Waals surface area contributed by atoms with E-state index in [1.165, 1.54) is 135 Å². The first-order valence-electron chi connectivity index (χ1n) is 27.2. The van der Waals surface area contributed by atoms with Crippen molar-refractivity contribution in [3.8, 4) is 0 Å². The number of unbranched alkanes of at least 4 members (excludes halogenated alkanes) is 28. The number of nitrogens with one attached hydrogen (secondary N) is 1. The van der Waals surface area contributed by atoms with Crippen molar-refractivity contribution >= 4 is 11.9 Å². The van der Waals surface area contributed by atoms with Crippen LogP contribution in [0.4, 0.5) is 0 Å². The molecule has 0 aromatic rings. The van der Waals surface area contributed by atoms with Gasteiger partial charge in [-0.1, -0.05) is 248 Å². The molecule has 0 bridgehead atoms.